The Morgan fingerprint density at radius 3 is 2.36 bits per heavy atom. The number of hydroxylamine groups is 2. The summed E-state index contributed by atoms with van der Waals surface area (Å²) in [6, 6.07) is 0. The molecular weight excluding hydrogens is 186 g/mol. The number of carbonyl (C=O) groups excluding carboxylic acids is 1. The standard InChI is InChI=1S/C9H19NO4/c1-6-12-7-13-10(5)8(11)14-9(2,3)4/h6-7H2,1-5H3. The first-order chi connectivity index (χ1) is 6.37. The molecule has 0 N–H and O–H groups in total. The molecule has 0 aromatic rings. The maximum absolute atomic E-state index is 11.3. The van der Waals surface area contributed by atoms with Crippen LogP contribution in [0.25, 0.3) is 0 Å². The molecule has 0 saturated carbocycles. The third kappa shape index (κ3) is 6.68. The van der Waals surface area contributed by atoms with Crippen LogP contribution >= 0.6 is 0 Å². The van der Waals surface area contributed by atoms with E-state index in [1.54, 1.807) is 20.8 Å². The maximum atomic E-state index is 11.3. The van der Waals surface area contributed by atoms with Gasteiger partial charge in [0.1, 0.15) is 5.60 Å². The molecule has 0 unspecified atom stereocenters. The molecule has 0 atom stereocenters. The van der Waals surface area contributed by atoms with Gasteiger partial charge >= 0.3 is 6.09 Å². The molecule has 1 amide bonds. The molecule has 0 rings (SSSR count). The number of ether oxygens (including phenoxy) is 2. The number of rotatable bonds is 4. The lowest BCUT2D eigenvalue weighted by Crippen LogP contribution is -2.34. The van der Waals surface area contributed by atoms with Crippen LogP contribution in [0.1, 0.15) is 27.7 Å². The van der Waals surface area contributed by atoms with Crippen molar-refractivity contribution in [3.63, 3.8) is 0 Å². The SMILES string of the molecule is CCOCON(C)C(=O)OC(C)(C)C. The summed E-state index contributed by atoms with van der Waals surface area (Å²) in [6.45, 7) is 7.81. The Kier molecular flexibility index (Phi) is 5.49. The first-order valence-corrected chi connectivity index (χ1v) is 4.54. The van der Waals surface area contributed by atoms with E-state index in [9.17, 15) is 4.79 Å². The first kappa shape index (κ1) is 13.2. The summed E-state index contributed by atoms with van der Waals surface area (Å²) in [4.78, 5) is 16.2. The molecule has 0 aliphatic heterocycles. The highest BCUT2D eigenvalue weighted by Gasteiger charge is 2.19. The average molecular weight is 205 g/mol. The van der Waals surface area contributed by atoms with Crippen molar-refractivity contribution in [2.75, 3.05) is 20.4 Å². The summed E-state index contributed by atoms with van der Waals surface area (Å²) in [7, 11) is 1.48. The zero-order valence-electron chi connectivity index (χ0n) is 9.49. The molecule has 5 nitrogen and oxygen atoms in total. The molecule has 5 heteroatoms. The summed E-state index contributed by atoms with van der Waals surface area (Å²) in [6.07, 6.45) is -0.530. The van der Waals surface area contributed by atoms with E-state index in [0.717, 1.165) is 5.06 Å². The normalized spacial score (nSPS) is 11.2. The van der Waals surface area contributed by atoms with E-state index in [4.69, 9.17) is 14.3 Å². The van der Waals surface area contributed by atoms with Gasteiger partial charge in [-0.15, -0.1) is 0 Å². The Bertz CT molecular complexity index is 176. The Hall–Kier alpha value is -0.810. The van der Waals surface area contributed by atoms with Crippen molar-refractivity contribution in [1.29, 1.82) is 0 Å². The Morgan fingerprint density at radius 2 is 1.93 bits per heavy atom. The highest BCUT2D eigenvalue weighted by molar-refractivity contribution is 5.66. The van der Waals surface area contributed by atoms with Crippen LogP contribution < -0.4 is 0 Å². The molecule has 0 spiro atoms. The van der Waals surface area contributed by atoms with Gasteiger partial charge in [0.05, 0.1) is 0 Å². The first-order valence-electron chi connectivity index (χ1n) is 4.54. The fraction of sp³-hybridized carbons (Fsp3) is 0.889. The second-order valence-corrected chi connectivity index (χ2v) is 3.72. The van der Waals surface area contributed by atoms with E-state index in [-0.39, 0.29) is 6.79 Å². The lowest BCUT2D eigenvalue weighted by Gasteiger charge is -2.23. The summed E-state index contributed by atoms with van der Waals surface area (Å²) in [5, 5.41) is 1.01. The second kappa shape index (κ2) is 5.82. The van der Waals surface area contributed by atoms with Crippen LogP contribution in [0.3, 0.4) is 0 Å². The average Bonchev–Trinajstić information content (AvgIpc) is 2.01. The van der Waals surface area contributed by atoms with Crippen molar-refractivity contribution in [1.82, 2.24) is 5.06 Å². The zero-order valence-corrected chi connectivity index (χ0v) is 9.49. The summed E-state index contributed by atoms with van der Waals surface area (Å²) in [5.74, 6) is 0. The summed E-state index contributed by atoms with van der Waals surface area (Å²) >= 11 is 0. The Labute approximate surface area is 84.9 Å². The molecule has 0 bridgehead atoms. The number of nitrogens with zero attached hydrogens (tertiary/aromatic N) is 1. The predicted octanol–water partition coefficient (Wildman–Crippen LogP) is 1.78. The molecule has 0 saturated heterocycles. The van der Waals surface area contributed by atoms with Crippen molar-refractivity contribution in [3.8, 4) is 0 Å². The minimum atomic E-state index is -0.530. The van der Waals surface area contributed by atoms with Crippen LogP contribution in [0.2, 0.25) is 0 Å². The minimum absolute atomic E-state index is 0.0479. The van der Waals surface area contributed by atoms with Gasteiger partial charge in [-0.3, -0.25) is 0 Å². The van der Waals surface area contributed by atoms with Crippen molar-refractivity contribution < 1.29 is 19.1 Å². The minimum Gasteiger partial charge on any atom is -0.442 e. The van der Waals surface area contributed by atoms with Crippen molar-refractivity contribution in [2.45, 2.75) is 33.3 Å². The monoisotopic (exact) mass is 205 g/mol. The van der Waals surface area contributed by atoms with Crippen LogP contribution in [0, 0.1) is 0 Å². The van der Waals surface area contributed by atoms with E-state index in [0.29, 0.717) is 6.61 Å². The van der Waals surface area contributed by atoms with Crippen molar-refractivity contribution in [2.24, 2.45) is 0 Å². The van der Waals surface area contributed by atoms with Gasteiger partial charge in [0.15, 0.2) is 6.79 Å². The quantitative estimate of drug-likeness (QED) is 0.399. The lowest BCUT2D eigenvalue weighted by atomic mass is 10.2. The summed E-state index contributed by atoms with van der Waals surface area (Å²) in [5.41, 5.74) is -0.514. The highest BCUT2D eigenvalue weighted by Crippen LogP contribution is 2.08. The predicted molar refractivity (Wildman–Crippen MR) is 51.6 cm³/mol. The molecule has 0 aromatic heterocycles. The van der Waals surface area contributed by atoms with Gasteiger partial charge < -0.3 is 9.47 Å². The number of hydrogen-bond donors (Lipinski definition) is 0. The molecule has 0 aliphatic carbocycles. The van der Waals surface area contributed by atoms with Gasteiger partial charge in [-0.2, -0.15) is 5.06 Å². The topological polar surface area (TPSA) is 48.0 Å². The van der Waals surface area contributed by atoms with Crippen LogP contribution in [0.4, 0.5) is 4.79 Å². The molecule has 84 valence electrons. The van der Waals surface area contributed by atoms with E-state index in [1.165, 1.54) is 7.05 Å². The highest BCUT2D eigenvalue weighted by atomic mass is 16.8. The molecular formula is C9H19NO4. The number of carbonyl (C=O) groups is 1. The van der Waals surface area contributed by atoms with Gasteiger partial charge in [0.25, 0.3) is 0 Å². The van der Waals surface area contributed by atoms with Gasteiger partial charge in [-0.25, -0.2) is 9.63 Å². The van der Waals surface area contributed by atoms with Crippen LogP contribution in [-0.4, -0.2) is 37.2 Å². The number of amides is 1. The molecule has 0 heterocycles. The van der Waals surface area contributed by atoms with E-state index in [2.05, 4.69) is 0 Å². The van der Waals surface area contributed by atoms with Crippen LogP contribution in [-0.2, 0) is 14.3 Å². The van der Waals surface area contributed by atoms with Crippen LogP contribution in [0.15, 0.2) is 0 Å². The molecule has 0 aliphatic rings. The third-order valence-electron chi connectivity index (χ3n) is 1.18. The fourth-order valence-electron chi connectivity index (χ4n) is 0.579. The van der Waals surface area contributed by atoms with Crippen LogP contribution in [0.5, 0.6) is 0 Å². The Balaban J connectivity index is 3.77. The van der Waals surface area contributed by atoms with E-state index in [1.807, 2.05) is 6.92 Å². The molecule has 0 aromatic carbocycles. The zero-order chi connectivity index (χ0) is 11.2. The number of hydrogen-bond acceptors (Lipinski definition) is 4. The van der Waals surface area contributed by atoms with Gasteiger partial charge in [-0.05, 0) is 27.7 Å². The molecule has 0 fully saturated rings. The fourth-order valence-corrected chi connectivity index (χ4v) is 0.579. The second-order valence-electron chi connectivity index (χ2n) is 3.72. The Morgan fingerprint density at radius 1 is 1.36 bits per heavy atom. The van der Waals surface area contributed by atoms with E-state index < -0.39 is 11.7 Å². The molecule has 14 heavy (non-hydrogen) atoms. The lowest BCUT2D eigenvalue weighted by molar-refractivity contribution is -0.195. The van der Waals surface area contributed by atoms with Crippen molar-refractivity contribution in [3.05, 3.63) is 0 Å². The summed E-state index contributed by atoms with van der Waals surface area (Å²) < 4.78 is 9.95. The third-order valence-corrected chi connectivity index (χ3v) is 1.18. The maximum Gasteiger partial charge on any atom is 0.434 e. The van der Waals surface area contributed by atoms with Gasteiger partial charge in [0.2, 0.25) is 0 Å². The van der Waals surface area contributed by atoms with Gasteiger partial charge in [-0.1, -0.05) is 0 Å². The largest absolute Gasteiger partial charge is 0.442 e. The molecule has 0 radical (unpaired) electrons. The van der Waals surface area contributed by atoms with E-state index >= 15 is 0 Å². The van der Waals surface area contributed by atoms with Gasteiger partial charge in [0, 0.05) is 13.7 Å². The smallest absolute Gasteiger partial charge is 0.434 e. The van der Waals surface area contributed by atoms with Crippen molar-refractivity contribution >= 4 is 6.09 Å².